The zero-order chi connectivity index (χ0) is 13.8. The lowest BCUT2D eigenvalue weighted by molar-refractivity contribution is 0.500. The molecule has 0 aliphatic rings. The summed E-state index contributed by atoms with van der Waals surface area (Å²) in [6, 6.07) is 13.1. The van der Waals surface area contributed by atoms with E-state index in [1.807, 2.05) is 29.5 Å². The Morgan fingerprint density at radius 1 is 1.11 bits per heavy atom. The lowest BCUT2D eigenvalue weighted by atomic mass is 10.1. The molecule has 102 valence electrons. The Labute approximate surface area is 124 Å². The molecule has 0 aliphatic heterocycles. The number of aryl methyl sites for hydroxylation is 1. The summed E-state index contributed by atoms with van der Waals surface area (Å²) >= 11 is 8.12. The smallest absolute Gasteiger partial charge is 0.0453 e. The number of nitrogens with one attached hydrogen (secondary N) is 1. The molecule has 0 amide bonds. The van der Waals surface area contributed by atoms with Crippen LogP contribution in [0.3, 0.4) is 0 Å². The largest absolute Gasteiger partial charge is 0.303 e. The van der Waals surface area contributed by atoms with E-state index < -0.39 is 0 Å². The van der Waals surface area contributed by atoms with Crippen molar-refractivity contribution < 1.29 is 0 Å². The van der Waals surface area contributed by atoms with Gasteiger partial charge in [-0.3, -0.25) is 0 Å². The summed E-state index contributed by atoms with van der Waals surface area (Å²) in [5.74, 6) is 0. The van der Waals surface area contributed by atoms with E-state index in [-0.39, 0.29) is 6.04 Å². The minimum absolute atomic E-state index is 0.246. The van der Waals surface area contributed by atoms with Crippen molar-refractivity contribution in [1.29, 1.82) is 0 Å². The van der Waals surface area contributed by atoms with Gasteiger partial charge in [-0.1, -0.05) is 36.7 Å². The molecule has 2 aromatic rings. The first kappa shape index (κ1) is 14.6. The molecule has 0 fully saturated rings. The fourth-order valence-corrected chi connectivity index (χ4v) is 3.45. The van der Waals surface area contributed by atoms with Gasteiger partial charge in [0.15, 0.2) is 0 Å². The Hall–Kier alpha value is -0.830. The molecule has 1 aromatic carbocycles. The highest BCUT2D eigenvalue weighted by molar-refractivity contribution is 7.12. The van der Waals surface area contributed by atoms with Crippen molar-refractivity contribution in [2.45, 2.75) is 39.3 Å². The molecular formula is C16H20ClNS. The van der Waals surface area contributed by atoms with Crippen LogP contribution in [0.2, 0.25) is 5.02 Å². The van der Waals surface area contributed by atoms with Gasteiger partial charge < -0.3 is 5.32 Å². The van der Waals surface area contributed by atoms with Crippen LogP contribution >= 0.6 is 22.9 Å². The van der Waals surface area contributed by atoms with E-state index in [2.05, 4.69) is 44.3 Å². The number of halogens is 1. The molecule has 0 saturated carbocycles. The summed E-state index contributed by atoms with van der Waals surface area (Å²) in [7, 11) is 0. The van der Waals surface area contributed by atoms with Crippen LogP contribution in [-0.2, 0) is 6.42 Å². The second-order valence-electron chi connectivity index (χ2n) is 4.79. The highest BCUT2D eigenvalue weighted by Gasteiger charge is 2.14. The summed E-state index contributed by atoms with van der Waals surface area (Å²) in [6.07, 6.45) is 1.11. The number of thiophene rings is 1. The molecule has 1 N–H and O–H groups in total. The van der Waals surface area contributed by atoms with Gasteiger partial charge in [0.2, 0.25) is 0 Å². The first-order chi connectivity index (χ1) is 9.11. The molecular weight excluding hydrogens is 274 g/mol. The summed E-state index contributed by atoms with van der Waals surface area (Å²) in [6.45, 7) is 6.56. The first-order valence-electron chi connectivity index (χ1n) is 6.71. The first-order valence-corrected chi connectivity index (χ1v) is 7.90. The maximum absolute atomic E-state index is 6.24. The quantitative estimate of drug-likeness (QED) is 0.781. The fraction of sp³-hybridized carbons (Fsp3) is 0.375. The Balaban J connectivity index is 2.06. The van der Waals surface area contributed by atoms with Crippen LogP contribution < -0.4 is 5.32 Å². The minimum atomic E-state index is 0.246. The summed E-state index contributed by atoms with van der Waals surface area (Å²) in [5, 5.41) is 4.45. The van der Waals surface area contributed by atoms with E-state index in [1.54, 1.807) is 0 Å². The Morgan fingerprint density at radius 2 is 1.84 bits per heavy atom. The van der Waals surface area contributed by atoms with Crippen LogP contribution in [-0.4, -0.2) is 0 Å². The minimum Gasteiger partial charge on any atom is -0.303 e. The molecule has 1 unspecified atom stereocenters. The molecule has 0 spiro atoms. The number of hydrogen-bond acceptors (Lipinski definition) is 2. The van der Waals surface area contributed by atoms with E-state index in [1.165, 1.54) is 9.75 Å². The lowest BCUT2D eigenvalue weighted by Crippen LogP contribution is -2.22. The Bertz CT molecular complexity index is 535. The maximum Gasteiger partial charge on any atom is 0.0453 e. The van der Waals surface area contributed by atoms with Crippen molar-refractivity contribution in [3.05, 3.63) is 56.7 Å². The molecule has 1 nitrogen and oxygen atoms in total. The van der Waals surface area contributed by atoms with Gasteiger partial charge in [0.05, 0.1) is 0 Å². The molecule has 19 heavy (non-hydrogen) atoms. The molecule has 2 rings (SSSR count). The highest BCUT2D eigenvalue weighted by atomic mass is 35.5. The maximum atomic E-state index is 6.24. The van der Waals surface area contributed by atoms with Gasteiger partial charge in [0.1, 0.15) is 0 Å². The molecule has 1 heterocycles. The van der Waals surface area contributed by atoms with Crippen molar-refractivity contribution in [2.24, 2.45) is 0 Å². The molecule has 2 atom stereocenters. The van der Waals surface area contributed by atoms with Crippen molar-refractivity contribution >= 4 is 22.9 Å². The van der Waals surface area contributed by atoms with Crippen molar-refractivity contribution in [1.82, 2.24) is 5.32 Å². The van der Waals surface area contributed by atoms with Gasteiger partial charge in [-0.15, -0.1) is 11.3 Å². The standard InChI is InChI=1S/C16H20ClNS/c1-4-13-9-10-16(19-13)12(3)18-11(2)14-7-5-6-8-15(14)17/h5-12,18H,4H2,1-3H3/t11-,12?/m1/s1. The summed E-state index contributed by atoms with van der Waals surface area (Å²) in [4.78, 5) is 2.82. The van der Waals surface area contributed by atoms with Crippen LogP contribution in [0.25, 0.3) is 0 Å². The predicted molar refractivity (Wildman–Crippen MR) is 85.1 cm³/mol. The monoisotopic (exact) mass is 293 g/mol. The normalized spacial score (nSPS) is 14.3. The van der Waals surface area contributed by atoms with E-state index in [0.29, 0.717) is 6.04 Å². The number of benzene rings is 1. The van der Waals surface area contributed by atoms with E-state index in [9.17, 15) is 0 Å². The van der Waals surface area contributed by atoms with E-state index in [4.69, 9.17) is 11.6 Å². The predicted octanol–water partition coefficient (Wildman–Crippen LogP) is 5.38. The molecule has 0 aliphatic carbocycles. The van der Waals surface area contributed by atoms with Crippen LogP contribution in [0, 0.1) is 0 Å². The average Bonchev–Trinajstić information content (AvgIpc) is 2.88. The summed E-state index contributed by atoms with van der Waals surface area (Å²) in [5.41, 5.74) is 1.16. The third-order valence-electron chi connectivity index (χ3n) is 3.33. The second-order valence-corrected chi connectivity index (χ2v) is 6.40. The van der Waals surface area contributed by atoms with E-state index >= 15 is 0 Å². The zero-order valence-electron chi connectivity index (χ0n) is 11.6. The fourth-order valence-electron chi connectivity index (χ4n) is 2.19. The van der Waals surface area contributed by atoms with Gasteiger partial charge in [0, 0.05) is 26.9 Å². The van der Waals surface area contributed by atoms with Crippen LogP contribution in [0.15, 0.2) is 36.4 Å². The van der Waals surface area contributed by atoms with Crippen molar-refractivity contribution in [3.63, 3.8) is 0 Å². The van der Waals surface area contributed by atoms with Gasteiger partial charge in [0.25, 0.3) is 0 Å². The topological polar surface area (TPSA) is 12.0 Å². The molecule has 0 radical (unpaired) electrons. The highest BCUT2D eigenvalue weighted by Crippen LogP contribution is 2.28. The van der Waals surface area contributed by atoms with Crippen molar-refractivity contribution in [2.75, 3.05) is 0 Å². The molecule has 1 aromatic heterocycles. The Kier molecular flexibility index (Phi) is 5.03. The van der Waals surface area contributed by atoms with Crippen LogP contribution in [0.1, 0.15) is 48.2 Å². The third-order valence-corrected chi connectivity index (χ3v) is 5.09. The van der Waals surface area contributed by atoms with Gasteiger partial charge in [-0.25, -0.2) is 0 Å². The van der Waals surface area contributed by atoms with Gasteiger partial charge >= 0.3 is 0 Å². The average molecular weight is 294 g/mol. The Morgan fingerprint density at radius 3 is 2.47 bits per heavy atom. The SMILES string of the molecule is CCc1ccc(C(C)N[C@H](C)c2ccccc2Cl)s1. The molecule has 0 bridgehead atoms. The van der Waals surface area contributed by atoms with Crippen LogP contribution in [0.5, 0.6) is 0 Å². The summed E-state index contributed by atoms with van der Waals surface area (Å²) < 4.78 is 0. The third kappa shape index (κ3) is 3.59. The van der Waals surface area contributed by atoms with Crippen molar-refractivity contribution in [3.8, 4) is 0 Å². The molecule has 0 saturated heterocycles. The lowest BCUT2D eigenvalue weighted by Gasteiger charge is -2.20. The second kappa shape index (κ2) is 6.56. The molecule has 3 heteroatoms. The number of hydrogen-bond donors (Lipinski definition) is 1. The van der Waals surface area contributed by atoms with E-state index in [0.717, 1.165) is 17.0 Å². The zero-order valence-corrected chi connectivity index (χ0v) is 13.2. The van der Waals surface area contributed by atoms with Crippen LogP contribution in [0.4, 0.5) is 0 Å². The number of rotatable bonds is 5. The van der Waals surface area contributed by atoms with Gasteiger partial charge in [-0.2, -0.15) is 0 Å². The van der Waals surface area contributed by atoms with Gasteiger partial charge in [-0.05, 0) is 44.0 Å².